The molecule has 1 aromatic heterocycles. The summed E-state index contributed by atoms with van der Waals surface area (Å²) in [5.74, 6) is 1.06. The normalized spacial score (nSPS) is 23.1. The first-order valence-corrected chi connectivity index (χ1v) is 7.89. The van der Waals surface area contributed by atoms with Crippen LogP contribution < -0.4 is 5.32 Å². The van der Waals surface area contributed by atoms with Gasteiger partial charge in [0.1, 0.15) is 0 Å². The second kappa shape index (κ2) is 4.43. The molecule has 3 heteroatoms. The summed E-state index contributed by atoms with van der Waals surface area (Å²) in [5.41, 5.74) is 2.12. The highest BCUT2D eigenvalue weighted by Gasteiger charge is 2.48. The van der Waals surface area contributed by atoms with Crippen molar-refractivity contribution in [1.82, 2.24) is 5.32 Å². The number of thiophene rings is 1. The van der Waals surface area contributed by atoms with Gasteiger partial charge in [0.15, 0.2) is 0 Å². The average Bonchev–Trinajstić information content (AvgIpc) is 2.96. The van der Waals surface area contributed by atoms with Crippen LogP contribution in [0.3, 0.4) is 0 Å². The van der Waals surface area contributed by atoms with E-state index in [4.69, 9.17) is 0 Å². The zero-order valence-electron chi connectivity index (χ0n) is 9.47. The SMILES string of the molecule is Brc1cc(CNCC2(C3CC3)CCC2)cs1. The van der Waals surface area contributed by atoms with E-state index >= 15 is 0 Å². The van der Waals surface area contributed by atoms with Crippen molar-refractivity contribution in [1.29, 1.82) is 0 Å². The van der Waals surface area contributed by atoms with Gasteiger partial charge in [-0.25, -0.2) is 0 Å². The van der Waals surface area contributed by atoms with Crippen LogP contribution in [0.2, 0.25) is 0 Å². The molecule has 2 aliphatic carbocycles. The van der Waals surface area contributed by atoms with Crippen LogP contribution in [0.25, 0.3) is 0 Å². The van der Waals surface area contributed by atoms with E-state index in [-0.39, 0.29) is 0 Å². The third kappa shape index (κ3) is 2.22. The van der Waals surface area contributed by atoms with Crippen molar-refractivity contribution in [3.63, 3.8) is 0 Å². The third-order valence-electron chi connectivity index (χ3n) is 4.22. The average molecular weight is 300 g/mol. The predicted octanol–water partition coefficient (Wildman–Crippen LogP) is 4.18. The van der Waals surface area contributed by atoms with Gasteiger partial charge < -0.3 is 5.32 Å². The molecule has 0 spiro atoms. The minimum atomic E-state index is 0.702. The second-order valence-corrected chi connectivity index (χ2v) is 7.64. The molecule has 2 aliphatic rings. The van der Waals surface area contributed by atoms with E-state index in [1.807, 2.05) is 0 Å². The van der Waals surface area contributed by atoms with E-state index in [1.165, 1.54) is 48.0 Å². The summed E-state index contributed by atoms with van der Waals surface area (Å²) in [6.45, 7) is 2.28. The topological polar surface area (TPSA) is 12.0 Å². The largest absolute Gasteiger partial charge is 0.312 e. The molecule has 0 aliphatic heterocycles. The molecule has 1 nitrogen and oxygen atoms in total. The van der Waals surface area contributed by atoms with Gasteiger partial charge >= 0.3 is 0 Å². The number of hydrogen-bond acceptors (Lipinski definition) is 2. The lowest BCUT2D eigenvalue weighted by Crippen LogP contribution is -2.41. The summed E-state index contributed by atoms with van der Waals surface area (Å²) in [6.07, 6.45) is 7.38. The van der Waals surface area contributed by atoms with E-state index < -0.39 is 0 Å². The van der Waals surface area contributed by atoms with Crippen molar-refractivity contribution in [3.8, 4) is 0 Å². The molecule has 0 bridgehead atoms. The number of hydrogen-bond donors (Lipinski definition) is 1. The van der Waals surface area contributed by atoms with E-state index in [0.717, 1.165) is 12.5 Å². The first kappa shape index (κ1) is 11.2. The number of rotatable bonds is 5. The van der Waals surface area contributed by atoms with E-state index in [9.17, 15) is 0 Å². The zero-order valence-corrected chi connectivity index (χ0v) is 11.9. The molecule has 2 saturated carbocycles. The lowest BCUT2D eigenvalue weighted by Gasteiger charge is -2.43. The smallest absolute Gasteiger partial charge is 0.0701 e. The lowest BCUT2D eigenvalue weighted by atomic mass is 9.65. The lowest BCUT2D eigenvalue weighted by molar-refractivity contribution is 0.0987. The van der Waals surface area contributed by atoms with Gasteiger partial charge in [0.25, 0.3) is 0 Å². The minimum Gasteiger partial charge on any atom is -0.312 e. The molecule has 3 rings (SSSR count). The summed E-state index contributed by atoms with van der Waals surface area (Å²) in [4.78, 5) is 0. The van der Waals surface area contributed by atoms with Crippen molar-refractivity contribution in [2.75, 3.05) is 6.54 Å². The molecule has 16 heavy (non-hydrogen) atoms. The minimum absolute atomic E-state index is 0.702. The highest BCUT2D eigenvalue weighted by Crippen LogP contribution is 2.56. The van der Waals surface area contributed by atoms with Crippen molar-refractivity contribution in [2.24, 2.45) is 11.3 Å². The quantitative estimate of drug-likeness (QED) is 0.860. The molecular formula is C13H18BrNS. The second-order valence-electron chi connectivity index (χ2n) is 5.35. The first-order valence-electron chi connectivity index (χ1n) is 6.22. The van der Waals surface area contributed by atoms with Crippen LogP contribution in [0.1, 0.15) is 37.7 Å². The maximum absolute atomic E-state index is 3.66. The zero-order chi connectivity index (χ0) is 11.0. The van der Waals surface area contributed by atoms with Gasteiger partial charge in [0, 0.05) is 13.1 Å². The van der Waals surface area contributed by atoms with Crippen LogP contribution in [-0.2, 0) is 6.54 Å². The van der Waals surface area contributed by atoms with Crippen LogP contribution in [0.5, 0.6) is 0 Å². The molecule has 1 heterocycles. The van der Waals surface area contributed by atoms with Crippen LogP contribution in [0, 0.1) is 11.3 Å². The summed E-state index contributed by atoms with van der Waals surface area (Å²) >= 11 is 5.29. The van der Waals surface area contributed by atoms with Crippen LogP contribution in [0.4, 0.5) is 0 Å². The van der Waals surface area contributed by atoms with Crippen LogP contribution in [-0.4, -0.2) is 6.54 Å². The Kier molecular flexibility index (Phi) is 3.11. The molecule has 2 fully saturated rings. The highest BCUT2D eigenvalue weighted by molar-refractivity contribution is 9.11. The van der Waals surface area contributed by atoms with Crippen molar-refractivity contribution in [3.05, 3.63) is 20.8 Å². The monoisotopic (exact) mass is 299 g/mol. The standard InChI is InChI=1S/C13H18BrNS/c14-12-6-10(8-16-12)7-15-9-13(4-1-5-13)11-2-3-11/h6,8,11,15H,1-5,7,9H2. The van der Waals surface area contributed by atoms with Gasteiger partial charge in [0.2, 0.25) is 0 Å². The Morgan fingerprint density at radius 1 is 1.44 bits per heavy atom. The molecule has 0 atom stereocenters. The van der Waals surface area contributed by atoms with Gasteiger partial charge in [-0.05, 0) is 70.0 Å². The maximum Gasteiger partial charge on any atom is 0.0701 e. The summed E-state index contributed by atoms with van der Waals surface area (Å²) in [5, 5.41) is 5.90. The van der Waals surface area contributed by atoms with E-state index in [1.54, 1.807) is 11.3 Å². The molecule has 1 N–H and O–H groups in total. The molecule has 0 saturated heterocycles. The Hall–Kier alpha value is 0.140. The highest BCUT2D eigenvalue weighted by atomic mass is 79.9. The van der Waals surface area contributed by atoms with Gasteiger partial charge in [0.05, 0.1) is 3.79 Å². The maximum atomic E-state index is 3.66. The number of nitrogens with one attached hydrogen (secondary N) is 1. The fraction of sp³-hybridized carbons (Fsp3) is 0.692. The molecule has 0 aromatic carbocycles. The van der Waals surface area contributed by atoms with Crippen molar-refractivity contribution in [2.45, 2.75) is 38.6 Å². The number of halogens is 1. The Bertz CT molecular complexity index is 366. The molecule has 1 aromatic rings. The van der Waals surface area contributed by atoms with Gasteiger partial charge in [-0.15, -0.1) is 11.3 Å². The van der Waals surface area contributed by atoms with Gasteiger partial charge in [-0.2, -0.15) is 0 Å². The third-order valence-corrected chi connectivity index (χ3v) is 5.77. The van der Waals surface area contributed by atoms with Crippen molar-refractivity contribution < 1.29 is 0 Å². The Labute approximate surface area is 110 Å². The summed E-state index contributed by atoms with van der Waals surface area (Å²) in [6, 6.07) is 2.22. The van der Waals surface area contributed by atoms with Gasteiger partial charge in [-0.1, -0.05) is 6.42 Å². The Balaban J connectivity index is 1.49. The van der Waals surface area contributed by atoms with Crippen LogP contribution in [0.15, 0.2) is 15.2 Å². The summed E-state index contributed by atoms with van der Waals surface area (Å²) in [7, 11) is 0. The van der Waals surface area contributed by atoms with E-state index in [2.05, 4.69) is 32.7 Å². The van der Waals surface area contributed by atoms with Gasteiger partial charge in [-0.3, -0.25) is 0 Å². The Morgan fingerprint density at radius 3 is 2.75 bits per heavy atom. The molecule has 0 radical (unpaired) electrons. The fourth-order valence-electron chi connectivity index (χ4n) is 2.95. The van der Waals surface area contributed by atoms with E-state index in [0.29, 0.717) is 5.41 Å². The predicted molar refractivity (Wildman–Crippen MR) is 72.7 cm³/mol. The first-order chi connectivity index (χ1) is 7.78. The Morgan fingerprint density at radius 2 is 2.25 bits per heavy atom. The molecule has 0 unspecified atom stereocenters. The molecular weight excluding hydrogens is 282 g/mol. The fourth-order valence-corrected chi connectivity index (χ4v) is 4.16. The van der Waals surface area contributed by atoms with Crippen molar-refractivity contribution >= 4 is 27.3 Å². The van der Waals surface area contributed by atoms with Crippen LogP contribution >= 0.6 is 27.3 Å². The summed E-state index contributed by atoms with van der Waals surface area (Å²) < 4.78 is 1.24. The molecule has 88 valence electrons. The molecule has 0 amide bonds.